The quantitative estimate of drug-likeness (QED) is 0.881. The smallest absolute Gasteiger partial charge is 0.359 e. The van der Waals surface area contributed by atoms with Crippen molar-refractivity contribution in [3.63, 3.8) is 0 Å². The summed E-state index contributed by atoms with van der Waals surface area (Å²) in [6, 6.07) is 4.85. The van der Waals surface area contributed by atoms with Gasteiger partial charge in [-0.05, 0) is 31.4 Å². The fourth-order valence-corrected chi connectivity index (χ4v) is 2.01. The van der Waals surface area contributed by atoms with E-state index in [4.69, 9.17) is 26.2 Å². The van der Waals surface area contributed by atoms with Gasteiger partial charge in [-0.3, -0.25) is 0 Å². The molecule has 110 valence electrons. The van der Waals surface area contributed by atoms with E-state index in [1.54, 1.807) is 18.2 Å². The van der Waals surface area contributed by atoms with Gasteiger partial charge >= 0.3 is 5.97 Å². The molecule has 1 aromatic heterocycles. The summed E-state index contributed by atoms with van der Waals surface area (Å²) in [5.41, 5.74) is -0.216. The van der Waals surface area contributed by atoms with Crippen LogP contribution in [0.5, 0.6) is 17.4 Å². The highest BCUT2D eigenvalue weighted by Gasteiger charge is 2.21. The number of rotatable bonds is 5. The molecular formula is C13H12ClN3O4. The average Bonchev–Trinajstić information content (AvgIpc) is 2.85. The molecule has 0 spiro atoms. The summed E-state index contributed by atoms with van der Waals surface area (Å²) in [6.45, 7) is 0. The van der Waals surface area contributed by atoms with Crippen LogP contribution in [0.15, 0.2) is 18.2 Å². The first-order valence-corrected chi connectivity index (χ1v) is 6.79. The highest BCUT2D eigenvalue weighted by molar-refractivity contribution is 6.32. The van der Waals surface area contributed by atoms with Gasteiger partial charge in [0.05, 0.1) is 11.1 Å². The molecule has 1 heterocycles. The molecule has 0 aliphatic heterocycles. The largest absolute Gasteiger partial charge is 0.489 e. The second-order valence-electron chi connectivity index (χ2n) is 4.66. The number of aromatic nitrogens is 3. The van der Waals surface area contributed by atoms with Gasteiger partial charge in [0.15, 0.2) is 0 Å². The van der Waals surface area contributed by atoms with Crippen LogP contribution in [-0.4, -0.2) is 32.6 Å². The highest BCUT2D eigenvalue weighted by atomic mass is 35.5. The van der Waals surface area contributed by atoms with Crippen LogP contribution in [0.2, 0.25) is 5.02 Å². The van der Waals surface area contributed by atoms with E-state index in [1.165, 1.54) is 0 Å². The van der Waals surface area contributed by atoms with Crippen molar-refractivity contribution < 1.29 is 19.4 Å². The zero-order chi connectivity index (χ0) is 14.8. The number of hydrogen-bond donors (Lipinski definition) is 2. The third-order valence-electron chi connectivity index (χ3n) is 3.19. The van der Waals surface area contributed by atoms with Gasteiger partial charge in [-0.25, -0.2) is 9.89 Å². The Balaban J connectivity index is 1.80. The minimum absolute atomic E-state index is 0.112. The van der Waals surface area contributed by atoms with Crippen molar-refractivity contribution in [1.29, 1.82) is 0 Å². The Morgan fingerprint density at radius 1 is 1.43 bits per heavy atom. The van der Waals surface area contributed by atoms with Gasteiger partial charge in [-0.15, -0.1) is 0 Å². The molecule has 0 saturated heterocycles. The summed E-state index contributed by atoms with van der Waals surface area (Å²) < 4.78 is 11.2. The van der Waals surface area contributed by atoms with Gasteiger partial charge in [0.1, 0.15) is 11.5 Å². The summed E-state index contributed by atoms with van der Waals surface area (Å²) in [5.74, 6) is -0.418. The lowest BCUT2D eigenvalue weighted by Crippen LogP contribution is -2.24. The monoisotopic (exact) mass is 309 g/mol. The standard InChI is InChI=1S/C13H12ClN3O4/c14-9-5-4-8(6-10(9)20-7-2-1-3-7)21-12-11(13(18)19)15-17-16-12/h4-7H,1-3H2,(H,18,19)(H,15,16,17). The number of aromatic carboxylic acids is 1. The molecule has 0 atom stereocenters. The molecule has 1 saturated carbocycles. The zero-order valence-corrected chi connectivity index (χ0v) is 11.6. The van der Waals surface area contributed by atoms with Gasteiger partial charge in [0.2, 0.25) is 5.69 Å². The summed E-state index contributed by atoms with van der Waals surface area (Å²) >= 11 is 6.08. The van der Waals surface area contributed by atoms with E-state index >= 15 is 0 Å². The first kappa shape index (κ1) is 13.7. The molecule has 2 aromatic rings. The molecule has 3 rings (SSSR count). The molecule has 1 aromatic carbocycles. The van der Waals surface area contributed by atoms with E-state index in [2.05, 4.69) is 15.4 Å². The average molecular weight is 310 g/mol. The number of aromatic amines is 1. The summed E-state index contributed by atoms with van der Waals surface area (Å²) in [7, 11) is 0. The van der Waals surface area contributed by atoms with Crippen LogP contribution >= 0.6 is 11.6 Å². The Morgan fingerprint density at radius 3 is 2.90 bits per heavy atom. The predicted octanol–water partition coefficient (Wildman–Crippen LogP) is 2.88. The van der Waals surface area contributed by atoms with Crippen molar-refractivity contribution in [1.82, 2.24) is 15.4 Å². The molecular weight excluding hydrogens is 298 g/mol. The number of carboxylic acid groups (broad SMARTS) is 1. The number of carbonyl (C=O) groups is 1. The normalized spacial score (nSPS) is 14.5. The van der Waals surface area contributed by atoms with Crippen molar-refractivity contribution >= 4 is 17.6 Å². The van der Waals surface area contributed by atoms with Crippen LogP contribution in [0, 0.1) is 0 Å². The van der Waals surface area contributed by atoms with Gasteiger partial charge in [-0.1, -0.05) is 21.9 Å². The summed E-state index contributed by atoms with van der Waals surface area (Å²) in [4.78, 5) is 10.9. The molecule has 21 heavy (non-hydrogen) atoms. The molecule has 1 aliphatic rings. The minimum Gasteiger partial charge on any atom is -0.489 e. The molecule has 8 heteroatoms. The summed E-state index contributed by atoms with van der Waals surface area (Å²) in [5, 5.41) is 18.7. The molecule has 7 nitrogen and oxygen atoms in total. The Labute approximate surface area is 124 Å². The maximum absolute atomic E-state index is 10.9. The van der Waals surface area contributed by atoms with Crippen molar-refractivity contribution in [2.24, 2.45) is 0 Å². The molecule has 0 radical (unpaired) electrons. The van der Waals surface area contributed by atoms with Crippen molar-refractivity contribution in [2.75, 3.05) is 0 Å². The number of nitrogens with one attached hydrogen (secondary N) is 1. The van der Waals surface area contributed by atoms with Crippen molar-refractivity contribution in [3.05, 3.63) is 28.9 Å². The molecule has 0 amide bonds. The number of H-pyrrole nitrogens is 1. The lowest BCUT2D eigenvalue weighted by atomic mass is 9.96. The zero-order valence-electron chi connectivity index (χ0n) is 10.9. The Hall–Kier alpha value is -2.28. The summed E-state index contributed by atoms with van der Waals surface area (Å²) in [6.07, 6.45) is 3.35. The fourth-order valence-electron chi connectivity index (χ4n) is 1.85. The van der Waals surface area contributed by atoms with Crippen LogP contribution in [0.4, 0.5) is 0 Å². The Kier molecular flexibility index (Phi) is 3.66. The van der Waals surface area contributed by atoms with Gasteiger partial charge in [-0.2, -0.15) is 0 Å². The maximum atomic E-state index is 10.9. The third kappa shape index (κ3) is 2.92. The maximum Gasteiger partial charge on any atom is 0.359 e. The van der Waals surface area contributed by atoms with Gasteiger partial charge < -0.3 is 14.6 Å². The second kappa shape index (κ2) is 5.61. The number of ether oxygens (including phenoxy) is 2. The van der Waals surface area contributed by atoms with E-state index < -0.39 is 5.97 Å². The predicted molar refractivity (Wildman–Crippen MR) is 73.1 cm³/mol. The highest BCUT2D eigenvalue weighted by Crippen LogP contribution is 2.34. The van der Waals surface area contributed by atoms with Crippen LogP contribution in [0.3, 0.4) is 0 Å². The number of benzene rings is 1. The molecule has 1 fully saturated rings. The van der Waals surface area contributed by atoms with E-state index in [1.807, 2.05) is 0 Å². The minimum atomic E-state index is -1.20. The lowest BCUT2D eigenvalue weighted by Gasteiger charge is -2.26. The second-order valence-corrected chi connectivity index (χ2v) is 5.07. The first-order chi connectivity index (χ1) is 10.1. The van der Waals surface area contributed by atoms with Crippen LogP contribution in [0.25, 0.3) is 0 Å². The Morgan fingerprint density at radius 2 is 2.24 bits per heavy atom. The van der Waals surface area contributed by atoms with Crippen LogP contribution in [-0.2, 0) is 0 Å². The number of carboxylic acids is 1. The lowest BCUT2D eigenvalue weighted by molar-refractivity contribution is 0.0687. The van der Waals surface area contributed by atoms with E-state index in [0.29, 0.717) is 16.5 Å². The van der Waals surface area contributed by atoms with Crippen LogP contribution < -0.4 is 9.47 Å². The molecule has 2 N–H and O–H groups in total. The van der Waals surface area contributed by atoms with E-state index in [-0.39, 0.29) is 17.7 Å². The van der Waals surface area contributed by atoms with E-state index in [9.17, 15) is 4.79 Å². The van der Waals surface area contributed by atoms with Crippen molar-refractivity contribution in [3.8, 4) is 17.4 Å². The fraction of sp³-hybridized carbons (Fsp3) is 0.308. The van der Waals surface area contributed by atoms with Crippen molar-refractivity contribution in [2.45, 2.75) is 25.4 Å². The first-order valence-electron chi connectivity index (χ1n) is 6.42. The van der Waals surface area contributed by atoms with E-state index in [0.717, 1.165) is 19.3 Å². The van der Waals surface area contributed by atoms with Gasteiger partial charge in [0.25, 0.3) is 5.88 Å². The Bertz CT molecular complexity index is 669. The molecule has 1 aliphatic carbocycles. The SMILES string of the molecule is O=C(O)c1[nH]nnc1Oc1ccc(Cl)c(OC2CCC2)c1. The molecule has 0 unspecified atom stereocenters. The topological polar surface area (TPSA) is 97.3 Å². The number of halogens is 1. The van der Waals surface area contributed by atoms with Gasteiger partial charge in [0, 0.05) is 6.07 Å². The number of nitrogens with zero attached hydrogens (tertiary/aromatic N) is 2. The number of hydrogen-bond acceptors (Lipinski definition) is 5. The molecule has 0 bridgehead atoms. The third-order valence-corrected chi connectivity index (χ3v) is 3.51. The van der Waals surface area contributed by atoms with Crippen LogP contribution in [0.1, 0.15) is 29.8 Å².